The Morgan fingerprint density at radius 3 is 2.32 bits per heavy atom. The van der Waals surface area contributed by atoms with Crippen LogP contribution in [0.2, 0.25) is 0 Å². The molecule has 3 aromatic rings. The van der Waals surface area contributed by atoms with E-state index in [2.05, 4.69) is 40.1 Å². The molecule has 3 heterocycles. The van der Waals surface area contributed by atoms with Gasteiger partial charge in [-0.3, -0.25) is 4.79 Å². The van der Waals surface area contributed by atoms with Crippen LogP contribution in [0.15, 0.2) is 66.7 Å². The topological polar surface area (TPSA) is 23.6 Å². The number of nitrogens with zero attached hydrogens (tertiary/aromatic N) is 2. The average molecular weight is 463 g/mol. The third-order valence-electron chi connectivity index (χ3n) is 7.54. The van der Waals surface area contributed by atoms with Gasteiger partial charge in [0.1, 0.15) is 0 Å². The molecule has 34 heavy (non-hydrogen) atoms. The zero-order valence-electron chi connectivity index (χ0n) is 18.7. The highest BCUT2D eigenvalue weighted by molar-refractivity contribution is 5.80. The third kappa shape index (κ3) is 3.47. The first-order chi connectivity index (χ1) is 16.4. The van der Waals surface area contributed by atoms with Crippen molar-refractivity contribution in [3.05, 3.63) is 89.0 Å². The molecule has 0 N–H and O–H groups in total. The van der Waals surface area contributed by atoms with Crippen molar-refractivity contribution in [2.45, 2.75) is 43.9 Å². The number of para-hydroxylation sites is 1. The molecular weight excluding hydrogens is 437 g/mol. The van der Waals surface area contributed by atoms with Gasteiger partial charge in [-0.05, 0) is 65.3 Å². The van der Waals surface area contributed by atoms with Crippen molar-refractivity contribution in [2.24, 2.45) is 0 Å². The smallest absolute Gasteiger partial charge is 0.364 e. The minimum Gasteiger partial charge on any atom is -0.364 e. The second kappa shape index (κ2) is 7.90. The summed E-state index contributed by atoms with van der Waals surface area (Å²) >= 11 is 0. The monoisotopic (exact) mass is 462 g/mol. The highest BCUT2D eigenvalue weighted by Crippen LogP contribution is 2.51. The van der Waals surface area contributed by atoms with E-state index >= 15 is 0 Å². The molecule has 174 valence electrons. The van der Waals surface area contributed by atoms with Gasteiger partial charge in [0.2, 0.25) is 5.91 Å². The minimum atomic E-state index is -4.34. The van der Waals surface area contributed by atoms with Gasteiger partial charge in [-0.25, -0.2) is 0 Å². The molecule has 1 fully saturated rings. The zero-order valence-corrected chi connectivity index (χ0v) is 18.7. The fourth-order valence-electron chi connectivity index (χ4n) is 5.95. The van der Waals surface area contributed by atoms with Crippen molar-refractivity contribution in [3.63, 3.8) is 0 Å². The second-order valence-corrected chi connectivity index (χ2v) is 9.46. The summed E-state index contributed by atoms with van der Waals surface area (Å²) in [6.07, 6.45) is -1.02. The molecule has 0 radical (unpaired) electrons. The normalized spacial score (nSPS) is 21.8. The molecule has 3 nitrogen and oxygen atoms in total. The van der Waals surface area contributed by atoms with Crippen molar-refractivity contribution in [2.75, 3.05) is 18.0 Å². The van der Waals surface area contributed by atoms with Crippen LogP contribution < -0.4 is 4.90 Å². The number of amides is 1. The summed E-state index contributed by atoms with van der Waals surface area (Å²) in [7, 11) is 0. The molecule has 6 heteroatoms. The largest absolute Gasteiger partial charge is 0.416 e. The first-order valence-corrected chi connectivity index (χ1v) is 11.9. The Labute approximate surface area is 196 Å². The Bertz CT molecular complexity index is 1250. The lowest BCUT2D eigenvalue weighted by atomic mass is 9.86. The molecule has 3 aliphatic heterocycles. The molecule has 1 saturated heterocycles. The van der Waals surface area contributed by atoms with Crippen LogP contribution in [0, 0.1) is 0 Å². The highest BCUT2D eigenvalue weighted by atomic mass is 19.4. The van der Waals surface area contributed by atoms with Crippen molar-refractivity contribution >= 4 is 11.6 Å². The predicted molar refractivity (Wildman–Crippen MR) is 125 cm³/mol. The van der Waals surface area contributed by atoms with Crippen LogP contribution in [0.1, 0.15) is 53.6 Å². The van der Waals surface area contributed by atoms with Crippen LogP contribution >= 0.6 is 0 Å². The molecule has 2 atom stereocenters. The van der Waals surface area contributed by atoms with Crippen molar-refractivity contribution in [1.29, 1.82) is 0 Å². The molecule has 1 amide bonds. The van der Waals surface area contributed by atoms with E-state index in [0.29, 0.717) is 6.42 Å². The number of carbonyl (C=O) groups is 1. The number of hydrogen-bond acceptors (Lipinski definition) is 2. The van der Waals surface area contributed by atoms with Gasteiger partial charge in [0.15, 0.2) is 0 Å². The fraction of sp³-hybridized carbons (Fsp3) is 0.321. The molecule has 6 rings (SSSR count). The number of alkyl halides is 3. The molecule has 0 aromatic heterocycles. The summed E-state index contributed by atoms with van der Waals surface area (Å²) < 4.78 is 39.0. The maximum absolute atomic E-state index is 13.0. The second-order valence-electron chi connectivity index (χ2n) is 9.46. The van der Waals surface area contributed by atoms with E-state index in [1.54, 1.807) is 0 Å². The fourth-order valence-corrected chi connectivity index (χ4v) is 5.95. The lowest BCUT2D eigenvalue weighted by Crippen LogP contribution is -2.39. The molecule has 2 unspecified atom stereocenters. The highest BCUT2D eigenvalue weighted by Gasteiger charge is 2.42. The molecule has 0 spiro atoms. The van der Waals surface area contributed by atoms with E-state index < -0.39 is 11.7 Å². The molecule has 3 aliphatic rings. The first-order valence-electron chi connectivity index (χ1n) is 11.9. The minimum absolute atomic E-state index is 0.0547. The summed E-state index contributed by atoms with van der Waals surface area (Å²) in [5, 5.41) is 0. The summed E-state index contributed by atoms with van der Waals surface area (Å²) in [6.45, 7) is 1.73. The standard InChI is InChI=1S/C28H25F3N2O/c29-28(30,31)22-11-9-18(10-12-22)20-5-1-6-21(16-20)24-17-25(32-14-3-8-26(32)34)23-7-2-4-19-13-15-33(24)27(19)23/h1-2,4-7,9-12,16,24-25H,3,8,13-15,17H2. The Hall–Kier alpha value is -3.28. The maximum atomic E-state index is 13.0. The number of likely N-dealkylation sites (tertiary alicyclic amines) is 1. The molecule has 3 aromatic carbocycles. The van der Waals surface area contributed by atoms with Crippen LogP contribution in [0.3, 0.4) is 0 Å². The SMILES string of the molecule is O=C1CCCN1C1CC(c2cccc(-c3ccc(C(F)(F)F)cc3)c2)N2CCc3cccc1c32. The summed E-state index contributed by atoms with van der Waals surface area (Å²) in [4.78, 5) is 17.2. The molecule has 0 bridgehead atoms. The van der Waals surface area contributed by atoms with Gasteiger partial charge >= 0.3 is 6.18 Å². The van der Waals surface area contributed by atoms with Crippen molar-refractivity contribution in [3.8, 4) is 11.1 Å². The van der Waals surface area contributed by atoms with Crippen LogP contribution in [0.25, 0.3) is 11.1 Å². The van der Waals surface area contributed by atoms with Gasteiger partial charge in [0.25, 0.3) is 0 Å². The molecular formula is C28H25F3N2O. The van der Waals surface area contributed by atoms with Gasteiger partial charge < -0.3 is 9.80 Å². The summed E-state index contributed by atoms with van der Waals surface area (Å²) in [5.74, 6) is 0.228. The van der Waals surface area contributed by atoms with Crippen LogP contribution in [0.5, 0.6) is 0 Å². The predicted octanol–water partition coefficient (Wildman–Crippen LogP) is 6.54. The van der Waals surface area contributed by atoms with Gasteiger partial charge in [0.05, 0.1) is 17.6 Å². The van der Waals surface area contributed by atoms with E-state index in [9.17, 15) is 18.0 Å². The number of anilines is 1. The van der Waals surface area contributed by atoms with Gasteiger partial charge in [-0.2, -0.15) is 13.2 Å². The first kappa shape index (κ1) is 21.3. The van der Waals surface area contributed by atoms with Gasteiger partial charge in [0, 0.05) is 25.2 Å². The number of halogens is 3. The van der Waals surface area contributed by atoms with E-state index in [4.69, 9.17) is 0 Å². The van der Waals surface area contributed by atoms with Crippen LogP contribution in [0.4, 0.5) is 18.9 Å². The zero-order chi connectivity index (χ0) is 23.4. The number of hydrogen-bond donors (Lipinski definition) is 0. The van der Waals surface area contributed by atoms with Crippen LogP contribution in [-0.4, -0.2) is 23.9 Å². The summed E-state index contributed by atoms with van der Waals surface area (Å²) in [5.41, 5.74) is 6.01. The lowest BCUT2D eigenvalue weighted by Gasteiger charge is -2.43. The average Bonchev–Trinajstić information content (AvgIpc) is 3.47. The third-order valence-corrected chi connectivity index (χ3v) is 7.54. The van der Waals surface area contributed by atoms with Crippen molar-refractivity contribution < 1.29 is 18.0 Å². The van der Waals surface area contributed by atoms with E-state index in [0.717, 1.165) is 61.2 Å². The van der Waals surface area contributed by atoms with E-state index in [1.165, 1.54) is 28.9 Å². The van der Waals surface area contributed by atoms with E-state index in [1.807, 2.05) is 12.1 Å². The Kier molecular flexibility index (Phi) is 4.94. The molecule has 0 aliphatic carbocycles. The Balaban J connectivity index is 1.38. The number of benzene rings is 3. The van der Waals surface area contributed by atoms with E-state index in [-0.39, 0.29) is 18.0 Å². The number of rotatable bonds is 3. The van der Waals surface area contributed by atoms with Gasteiger partial charge in [-0.15, -0.1) is 0 Å². The quantitative estimate of drug-likeness (QED) is 0.441. The summed E-state index contributed by atoms with van der Waals surface area (Å²) in [6, 6.07) is 20.1. The van der Waals surface area contributed by atoms with Crippen molar-refractivity contribution in [1.82, 2.24) is 4.90 Å². The van der Waals surface area contributed by atoms with Crippen LogP contribution in [-0.2, 0) is 17.4 Å². The van der Waals surface area contributed by atoms with Gasteiger partial charge in [-0.1, -0.05) is 48.5 Å². The maximum Gasteiger partial charge on any atom is 0.416 e. The lowest BCUT2D eigenvalue weighted by molar-refractivity contribution is -0.137. The Morgan fingerprint density at radius 2 is 1.59 bits per heavy atom. The Morgan fingerprint density at radius 1 is 0.794 bits per heavy atom. The molecule has 0 saturated carbocycles. The number of carbonyl (C=O) groups excluding carboxylic acids is 1.